The van der Waals surface area contributed by atoms with Crippen LogP contribution in [0.5, 0.6) is 0 Å². The Balaban J connectivity index is 1.90. The van der Waals surface area contributed by atoms with Gasteiger partial charge >= 0.3 is 0 Å². The van der Waals surface area contributed by atoms with E-state index in [9.17, 15) is 0 Å². The molecule has 3 aromatic heterocycles. The molecule has 6 heteroatoms. The predicted molar refractivity (Wildman–Crippen MR) is 73.9 cm³/mol. The van der Waals surface area contributed by atoms with Crippen LogP contribution in [0.25, 0.3) is 17.0 Å². The Bertz CT molecular complexity index is 765. The van der Waals surface area contributed by atoms with E-state index in [1.165, 1.54) is 0 Å². The van der Waals surface area contributed by atoms with Crippen molar-refractivity contribution >= 4 is 11.2 Å². The summed E-state index contributed by atoms with van der Waals surface area (Å²) in [6.45, 7) is 5.76. The molecule has 1 unspecified atom stereocenters. The number of fused-ring (bicyclic) bond motifs is 1. The van der Waals surface area contributed by atoms with Crippen LogP contribution in [0.2, 0.25) is 0 Å². The van der Waals surface area contributed by atoms with Crippen LogP contribution in [0.1, 0.15) is 11.4 Å². The lowest BCUT2D eigenvalue weighted by molar-refractivity contribution is 0.384. The number of aromatic nitrogens is 5. The van der Waals surface area contributed by atoms with Crippen LogP contribution >= 0.6 is 0 Å². The number of ether oxygens (including phenoxy) is 1. The van der Waals surface area contributed by atoms with Gasteiger partial charge in [0, 0.05) is 11.4 Å². The molecule has 1 saturated heterocycles. The Hall–Kier alpha value is -2.21. The highest BCUT2D eigenvalue weighted by atomic mass is 16.6. The molecular weight excluding hydrogens is 254 g/mol. The van der Waals surface area contributed by atoms with Gasteiger partial charge in [0.2, 0.25) is 0 Å². The second kappa shape index (κ2) is 4.14. The van der Waals surface area contributed by atoms with Crippen molar-refractivity contribution in [2.24, 2.45) is 0 Å². The van der Waals surface area contributed by atoms with Gasteiger partial charge in [0.05, 0.1) is 25.6 Å². The summed E-state index contributed by atoms with van der Waals surface area (Å²) in [7, 11) is 0. The smallest absolute Gasteiger partial charge is 0.168 e. The zero-order chi connectivity index (χ0) is 13.7. The maximum atomic E-state index is 5.27. The summed E-state index contributed by atoms with van der Waals surface area (Å²) in [5.41, 5.74) is 3.97. The minimum Gasteiger partial charge on any atom is -0.371 e. The molecule has 102 valence electrons. The Morgan fingerprint density at radius 2 is 1.95 bits per heavy atom. The van der Waals surface area contributed by atoms with Gasteiger partial charge in [0.1, 0.15) is 6.33 Å². The molecule has 20 heavy (non-hydrogen) atoms. The Labute approximate surface area is 116 Å². The summed E-state index contributed by atoms with van der Waals surface area (Å²) >= 11 is 0. The highest BCUT2D eigenvalue weighted by Crippen LogP contribution is 2.22. The number of hydrogen-bond acceptors (Lipinski definition) is 4. The summed E-state index contributed by atoms with van der Waals surface area (Å²) in [6.07, 6.45) is 3.72. The van der Waals surface area contributed by atoms with Crippen molar-refractivity contribution in [1.29, 1.82) is 0 Å². The van der Waals surface area contributed by atoms with E-state index in [0.717, 1.165) is 41.5 Å². The molecule has 4 heterocycles. The van der Waals surface area contributed by atoms with E-state index < -0.39 is 0 Å². The lowest BCUT2D eigenvalue weighted by Gasteiger charge is -2.08. The first kappa shape index (κ1) is 11.6. The average molecular weight is 269 g/mol. The van der Waals surface area contributed by atoms with E-state index in [1.807, 2.05) is 10.9 Å². The normalized spacial score (nSPS) is 17.8. The zero-order valence-electron chi connectivity index (χ0n) is 11.4. The van der Waals surface area contributed by atoms with Gasteiger partial charge in [0.15, 0.2) is 17.0 Å². The van der Waals surface area contributed by atoms with Crippen LogP contribution < -0.4 is 0 Å². The van der Waals surface area contributed by atoms with Gasteiger partial charge in [-0.25, -0.2) is 15.0 Å². The SMILES string of the molecule is Cc1ccc(C)n1-c1ncnc2c1ncn2CC1CO1. The molecule has 0 N–H and O–H groups in total. The van der Waals surface area contributed by atoms with Crippen LogP contribution in [-0.2, 0) is 11.3 Å². The van der Waals surface area contributed by atoms with Gasteiger partial charge in [-0.3, -0.25) is 0 Å². The number of nitrogens with zero attached hydrogens (tertiary/aromatic N) is 5. The first-order chi connectivity index (χ1) is 9.74. The van der Waals surface area contributed by atoms with Crippen molar-refractivity contribution < 1.29 is 4.74 Å². The van der Waals surface area contributed by atoms with Crippen molar-refractivity contribution in [2.45, 2.75) is 26.5 Å². The monoisotopic (exact) mass is 269 g/mol. The lowest BCUT2D eigenvalue weighted by Crippen LogP contribution is -2.06. The van der Waals surface area contributed by atoms with E-state index in [4.69, 9.17) is 4.74 Å². The minimum absolute atomic E-state index is 0.306. The molecule has 1 atom stereocenters. The third kappa shape index (κ3) is 1.72. The highest BCUT2D eigenvalue weighted by Gasteiger charge is 2.24. The molecule has 0 saturated carbocycles. The molecule has 0 aromatic carbocycles. The van der Waals surface area contributed by atoms with Gasteiger partial charge in [-0.05, 0) is 26.0 Å². The van der Waals surface area contributed by atoms with Crippen LogP contribution in [0.15, 0.2) is 24.8 Å². The Kier molecular flexibility index (Phi) is 2.40. The van der Waals surface area contributed by atoms with Gasteiger partial charge < -0.3 is 13.9 Å². The maximum absolute atomic E-state index is 5.27. The Morgan fingerprint density at radius 1 is 1.20 bits per heavy atom. The first-order valence-corrected chi connectivity index (χ1v) is 6.67. The minimum atomic E-state index is 0.306. The number of imidazole rings is 1. The first-order valence-electron chi connectivity index (χ1n) is 6.67. The molecule has 4 rings (SSSR count). The fourth-order valence-electron chi connectivity index (χ4n) is 2.56. The highest BCUT2D eigenvalue weighted by molar-refractivity contribution is 5.78. The topological polar surface area (TPSA) is 61.1 Å². The summed E-state index contributed by atoms with van der Waals surface area (Å²) in [5, 5.41) is 0. The second-order valence-electron chi connectivity index (χ2n) is 5.17. The van der Waals surface area contributed by atoms with Gasteiger partial charge in [-0.1, -0.05) is 0 Å². The molecule has 0 amide bonds. The maximum Gasteiger partial charge on any atom is 0.168 e. The van der Waals surface area contributed by atoms with Crippen LogP contribution in [-0.4, -0.2) is 36.8 Å². The van der Waals surface area contributed by atoms with Crippen LogP contribution in [0.3, 0.4) is 0 Å². The number of aryl methyl sites for hydroxylation is 2. The van der Waals surface area contributed by atoms with E-state index in [-0.39, 0.29) is 0 Å². The third-order valence-electron chi connectivity index (χ3n) is 3.67. The second-order valence-corrected chi connectivity index (χ2v) is 5.17. The molecular formula is C14H15N5O. The average Bonchev–Trinajstić information content (AvgIpc) is 3.07. The quantitative estimate of drug-likeness (QED) is 0.678. The summed E-state index contributed by atoms with van der Waals surface area (Å²) in [5.74, 6) is 0.838. The van der Waals surface area contributed by atoms with E-state index in [2.05, 4.69) is 45.5 Å². The summed E-state index contributed by atoms with van der Waals surface area (Å²) in [4.78, 5) is 13.3. The molecule has 0 radical (unpaired) electrons. The lowest BCUT2D eigenvalue weighted by atomic mass is 10.4. The fraction of sp³-hybridized carbons (Fsp3) is 0.357. The van der Waals surface area contributed by atoms with Crippen LogP contribution in [0, 0.1) is 13.8 Å². The van der Waals surface area contributed by atoms with Gasteiger partial charge in [-0.2, -0.15) is 0 Å². The molecule has 0 bridgehead atoms. The van der Waals surface area contributed by atoms with Crippen molar-refractivity contribution in [3.8, 4) is 5.82 Å². The number of rotatable bonds is 3. The standard InChI is InChI=1S/C14H15N5O/c1-9-3-4-10(2)19(9)14-12-13(15-7-16-14)18(8-17-12)5-11-6-20-11/h3-4,7-8,11H,5-6H2,1-2H3. The van der Waals surface area contributed by atoms with Crippen molar-refractivity contribution in [3.05, 3.63) is 36.2 Å². The molecule has 1 aliphatic rings. The fourth-order valence-corrected chi connectivity index (χ4v) is 2.56. The van der Waals surface area contributed by atoms with Gasteiger partial charge in [-0.15, -0.1) is 0 Å². The van der Waals surface area contributed by atoms with Crippen molar-refractivity contribution in [3.63, 3.8) is 0 Å². The molecule has 0 spiro atoms. The molecule has 6 nitrogen and oxygen atoms in total. The predicted octanol–water partition coefficient (Wildman–Crippen LogP) is 1.63. The van der Waals surface area contributed by atoms with E-state index in [1.54, 1.807) is 6.33 Å². The largest absolute Gasteiger partial charge is 0.371 e. The number of epoxide rings is 1. The third-order valence-corrected chi connectivity index (χ3v) is 3.67. The van der Waals surface area contributed by atoms with E-state index in [0.29, 0.717) is 6.10 Å². The van der Waals surface area contributed by atoms with Crippen LogP contribution in [0.4, 0.5) is 0 Å². The van der Waals surface area contributed by atoms with E-state index >= 15 is 0 Å². The molecule has 0 aliphatic carbocycles. The molecule has 1 aliphatic heterocycles. The molecule has 1 fully saturated rings. The van der Waals surface area contributed by atoms with Crippen molar-refractivity contribution in [2.75, 3.05) is 6.61 Å². The van der Waals surface area contributed by atoms with Gasteiger partial charge in [0.25, 0.3) is 0 Å². The number of hydrogen-bond donors (Lipinski definition) is 0. The summed E-state index contributed by atoms with van der Waals surface area (Å²) in [6, 6.07) is 4.16. The zero-order valence-corrected chi connectivity index (χ0v) is 11.4. The Morgan fingerprint density at radius 3 is 2.65 bits per heavy atom. The summed E-state index contributed by atoms with van der Waals surface area (Å²) < 4.78 is 9.41. The van der Waals surface area contributed by atoms with Crippen molar-refractivity contribution in [1.82, 2.24) is 24.1 Å². The molecule has 3 aromatic rings.